The zero-order valence-electron chi connectivity index (χ0n) is 12.9. The second-order valence-electron chi connectivity index (χ2n) is 5.53. The molecule has 1 fully saturated rings. The van der Waals surface area contributed by atoms with Crippen molar-refractivity contribution in [1.29, 1.82) is 0 Å². The Morgan fingerprint density at radius 3 is 2.73 bits per heavy atom. The third-order valence-electron chi connectivity index (χ3n) is 3.70. The van der Waals surface area contributed by atoms with Crippen LogP contribution in [0.15, 0.2) is 24.8 Å². The number of hydrogen-bond donors (Lipinski definition) is 2. The van der Waals surface area contributed by atoms with Crippen LogP contribution in [0.1, 0.15) is 27.4 Å². The Morgan fingerprint density at radius 2 is 2.14 bits per heavy atom. The van der Waals surface area contributed by atoms with Gasteiger partial charge in [0.05, 0.1) is 11.4 Å². The number of rotatable bonds is 6. The first kappa shape index (κ1) is 16.7. The van der Waals surface area contributed by atoms with E-state index < -0.39 is 0 Å². The van der Waals surface area contributed by atoms with E-state index in [0.717, 1.165) is 35.7 Å². The van der Waals surface area contributed by atoms with Crippen LogP contribution in [0.25, 0.3) is 0 Å². The van der Waals surface area contributed by atoms with Gasteiger partial charge in [-0.15, -0.1) is 17.9 Å². The number of piperidine rings is 1. The zero-order chi connectivity index (χ0) is 15.9. The molecule has 0 unspecified atom stereocenters. The summed E-state index contributed by atoms with van der Waals surface area (Å²) in [5.74, 6) is 0.0386. The zero-order valence-corrected chi connectivity index (χ0v) is 13.7. The number of carbonyl (C=O) groups excluding carboxylic acids is 2. The lowest BCUT2D eigenvalue weighted by atomic mass is 10.0. The quantitative estimate of drug-likeness (QED) is 0.782. The van der Waals surface area contributed by atoms with Crippen LogP contribution in [0.4, 0.5) is 0 Å². The molecular weight excluding hydrogens is 298 g/mol. The van der Waals surface area contributed by atoms with Crippen LogP contribution < -0.4 is 10.6 Å². The van der Waals surface area contributed by atoms with Crippen molar-refractivity contribution < 1.29 is 9.59 Å². The third-order valence-corrected chi connectivity index (χ3v) is 4.70. The Hall–Kier alpha value is -1.66. The Bertz CT molecular complexity index is 533. The Balaban J connectivity index is 1.72. The van der Waals surface area contributed by atoms with E-state index in [0.29, 0.717) is 13.1 Å². The number of likely N-dealkylation sites (tertiary alicyclic amines) is 1. The van der Waals surface area contributed by atoms with Gasteiger partial charge in [-0.3, -0.25) is 14.5 Å². The maximum absolute atomic E-state index is 12.1. The Morgan fingerprint density at radius 1 is 1.41 bits per heavy atom. The van der Waals surface area contributed by atoms with Gasteiger partial charge in [0.1, 0.15) is 0 Å². The number of amides is 2. The Kier molecular flexibility index (Phi) is 6.15. The van der Waals surface area contributed by atoms with Gasteiger partial charge in [0, 0.05) is 30.6 Å². The van der Waals surface area contributed by atoms with Gasteiger partial charge in [-0.2, -0.15) is 0 Å². The number of thiophene rings is 1. The van der Waals surface area contributed by atoms with Gasteiger partial charge in [0.25, 0.3) is 5.91 Å². The van der Waals surface area contributed by atoms with Gasteiger partial charge in [-0.25, -0.2) is 0 Å². The van der Waals surface area contributed by atoms with E-state index in [-0.39, 0.29) is 17.9 Å². The normalized spacial score (nSPS) is 16.2. The molecule has 2 heterocycles. The first-order valence-electron chi connectivity index (χ1n) is 7.55. The first-order chi connectivity index (χ1) is 10.6. The minimum Gasteiger partial charge on any atom is -0.352 e. The summed E-state index contributed by atoms with van der Waals surface area (Å²) in [7, 11) is 0. The molecule has 22 heavy (non-hydrogen) atoms. The van der Waals surface area contributed by atoms with Crippen LogP contribution in [0.2, 0.25) is 0 Å². The van der Waals surface area contributed by atoms with Gasteiger partial charge in [-0.1, -0.05) is 6.08 Å². The van der Waals surface area contributed by atoms with Crippen LogP contribution in [-0.4, -0.2) is 48.9 Å². The molecule has 1 aliphatic heterocycles. The minimum absolute atomic E-state index is 0.0141. The molecule has 0 aromatic carbocycles. The molecule has 0 radical (unpaired) electrons. The van der Waals surface area contributed by atoms with Crippen molar-refractivity contribution in [2.75, 3.05) is 26.2 Å². The SMILES string of the molecule is C=CCNC(=O)CN1CCC(NC(=O)c2ccc(C)s2)CC1. The molecular formula is C16H23N3O2S. The summed E-state index contributed by atoms with van der Waals surface area (Å²) in [6, 6.07) is 4.03. The highest BCUT2D eigenvalue weighted by Crippen LogP contribution is 2.16. The summed E-state index contributed by atoms with van der Waals surface area (Å²) in [5.41, 5.74) is 0. The van der Waals surface area contributed by atoms with E-state index in [9.17, 15) is 9.59 Å². The lowest BCUT2D eigenvalue weighted by molar-refractivity contribution is -0.122. The predicted molar refractivity (Wildman–Crippen MR) is 89.2 cm³/mol. The molecule has 6 heteroatoms. The predicted octanol–water partition coefficient (Wildman–Crippen LogP) is 1.55. The van der Waals surface area contributed by atoms with Crippen molar-refractivity contribution in [3.63, 3.8) is 0 Å². The fraction of sp³-hybridized carbons (Fsp3) is 0.500. The van der Waals surface area contributed by atoms with E-state index in [1.165, 1.54) is 11.3 Å². The number of aryl methyl sites for hydroxylation is 1. The maximum atomic E-state index is 12.1. The summed E-state index contributed by atoms with van der Waals surface area (Å²) < 4.78 is 0. The minimum atomic E-state index is 0.0141. The molecule has 2 N–H and O–H groups in total. The molecule has 1 aromatic rings. The third kappa shape index (κ3) is 4.96. The van der Waals surface area contributed by atoms with Crippen molar-refractivity contribution in [3.05, 3.63) is 34.5 Å². The average molecular weight is 321 g/mol. The largest absolute Gasteiger partial charge is 0.352 e. The van der Waals surface area contributed by atoms with Crippen molar-refractivity contribution >= 4 is 23.2 Å². The topological polar surface area (TPSA) is 61.4 Å². The molecule has 0 atom stereocenters. The van der Waals surface area contributed by atoms with Gasteiger partial charge in [0.2, 0.25) is 5.91 Å². The summed E-state index contributed by atoms with van der Waals surface area (Å²) in [6.07, 6.45) is 3.43. The van der Waals surface area contributed by atoms with Crippen molar-refractivity contribution in [1.82, 2.24) is 15.5 Å². The Labute approximate surface area is 135 Å². The molecule has 2 rings (SSSR count). The van der Waals surface area contributed by atoms with E-state index in [4.69, 9.17) is 0 Å². The highest BCUT2D eigenvalue weighted by Gasteiger charge is 2.22. The fourth-order valence-electron chi connectivity index (χ4n) is 2.49. The summed E-state index contributed by atoms with van der Waals surface area (Å²) >= 11 is 1.52. The van der Waals surface area contributed by atoms with Crippen molar-refractivity contribution in [3.8, 4) is 0 Å². The summed E-state index contributed by atoms with van der Waals surface area (Å²) in [6.45, 7) is 8.15. The van der Waals surface area contributed by atoms with Crippen molar-refractivity contribution in [2.45, 2.75) is 25.8 Å². The molecule has 0 aliphatic carbocycles. The maximum Gasteiger partial charge on any atom is 0.261 e. The molecule has 5 nitrogen and oxygen atoms in total. The van der Waals surface area contributed by atoms with Crippen LogP contribution in [0, 0.1) is 6.92 Å². The number of hydrogen-bond acceptors (Lipinski definition) is 4. The van der Waals surface area contributed by atoms with Crippen LogP contribution >= 0.6 is 11.3 Å². The van der Waals surface area contributed by atoms with Crippen LogP contribution in [0.5, 0.6) is 0 Å². The second-order valence-corrected chi connectivity index (χ2v) is 6.81. The van der Waals surface area contributed by atoms with Crippen LogP contribution in [-0.2, 0) is 4.79 Å². The average Bonchev–Trinajstić information content (AvgIpc) is 2.94. The lowest BCUT2D eigenvalue weighted by Crippen LogP contribution is -2.47. The smallest absolute Gasteiger partial charge is 0.261 e. The van der Waals surface area contributed by atoms with E-state index >= 15 is 0 Å². The first-order valence-corrected chi connectivity index (χ1v) is 8.37. The van der Waals surface area contributed by atoms with Crippen LogP contribution in [0.3, 0.4) is 0 Å². The van der Waals surface area contributed by atoms with Gasteiger partial charge < -0.3 is 10.6 Å². The highest BCUT2D eigenvalue weighted by atomic mass is 32.1. The van der Waals surface area contributed by atoms with Gasteiger partial charge in [-0.05, 0) is 31.9 Å². The standard InChI is InChI=1S/C16H23N3O2S/c1-3-8-17-15(20)11-19-9-6-13(7-10-19)18-16(21)14-5-4-12(2)22-14/h3-5,13H,1,6-11H2,2H3,(H,17,20)(H,18,21). The second kappa shape index (κ2) is 8.10. The molecule has 1 aliphatic rings. The number of nitrogens with one attached hydrogen (secondary N) is 2. The molecule has 2 amide bonds. The monoisotopic (exact) mass is 321 g/mol. The van der Waals surface area contributed by atoms with Gasteiger partial charge in [0.15, 0.2) is 0 Å². The molecule has 0 spiro atoms. The highest BCUT2D eigenvalue weighted by molar-refractivity contribution is 7.13. The molecule has 0 saturated carbocycles. The van der Waals surface area contributed by atoms with E-state index in [1.54, 1.807) is 6.08 Å². The molecule has 1 saturated heterocycles. The van der Waals surface area contributed by atoms with Crippen molar-refractivity contribution in [2.24, 2.45) is 0 Å². The molecule has 120 valence electrons. The van der Waals surface area contributed by atoms with E-state index in [1.807, 2.05) is 19.1 Å². The van der Waals surface area contributed by atoms with Gasteiger partial charge >= 0.3 is 0 Å². The molecule has 1 aromatic heterocycles. The summed E-state index contributed by atoms with van der Waals surface area (Å²) in [5, 5.41) is 5.87. The van der Waals surface area contributed by atoms with E-state index in [2.05, 4.69) is 22.1 Å². The number of carbonyl (C=O) groups is 2. The fourth-order valence-corrected chi connectivity index (χ4v) is 3.26. The lowest BCUT2D eigenvalue weighted by Gasteiger charge is -2.31. The number of nitrogens with zero attached hydrogens (tertiary/aromatic N) is 1. The summed E-state index contributed by atoms with van der Waals surface area (Å²) in [4.78, 5) is 27.8. The molecule has 0 bridgehead atoms.